The minimum Gasteiger partial charge on any atom is -0.384 e. The summed E-state index contributed by atoms with van der Waals surface area (Å²) in [6.07, 6.45) is 0. The second-order valence-corrected chi connectivity index (χ2v) is 6.00. The zero-order valence-corrected chi connectivity index (χ0v) is 12.9. The molecule has 0 saturated heterocycles. The summed E-state index contributed by atoms with van der Waals surface area (Å²) in [5.74, 6) is 2.15. The Labute approximate surface area is 116 Å². The van der Waals surface area contributed by atoms with Crippen molar-refractivity contribution >= 4 is 11.6 Å². The Morgan fingerprint density at radius 1 is 1.32 bits per heavy atom. The molecule has 0 bridgehead atoms. The molecule has 1 heterocycles. The molecule has 2 N–H and O–H groups in total. The van der Waals surface area contributed by atoms with Crippen molar-refractivity contribution in [2.45, 2.75) is 46.1 Å². The van der Waals surface area contributed by atoms with Crippen LogP contribution in [0.1, 0.15) is 40.4 Å². The van der Waals surface area contributed by atoms with E-state index in [-0.39, 0.29) is 5.41 Å². The maximum Gasteiger partial charge on any atom is 0.138 e. The molecule has 0 aliphatic heterocycles. The van der Waals surface area contributed by atoms with Gasteiger partial charge in [-0.2, -0.15) is 0 Å². The van der Waals surface area contributed by atoms with Gasteiger partial charge in [0, 0.05) is 31.2 Å². The Morgan fingerprint density at radius 3 is 2.42 bits per heavy atom. The number of nitrogen functional groups attached to an aromatic ring is 1. The molecule has 1 rings (SSSR count). The summed E-state index contributed by atoms with van der Waals surface area (Å²) in [4.78, 5) is 11.2. The average molecular weight is 266 g/mol. The van der Waals surface area contributed by atoms with Crippen LogP contribution in [-0.4, -0.2) is 36.3 Å². The SMILES string of the molecule is COCCN(c1cc(N)nc(C(C)(C)C)n1)C(C)C. The predicted molar refractivity (Wildman–Crippen MR) is 79.5 cm³/mol. The van der Waals surface area contributed by atoms with Gasteiger partial charge < -0.3 is 15.4 Å². The summed E-state index contributed by atoms with van der Waals surface area (Å²) >= 11 is 0. The van der Waals surface area contributed by atoms with Gasteiger partial charge in [0.25, 0.3) is 0 Å². The summed E-state index contributed by atoms with van der Waals surface area (Å²) in [6, 6.07) is 2.16. The first-order chi connectivity index (χ1) is 8.75. The van der Waals surface area contributed by atoms with Gasteiger partial charge in [-0.25, -0.2) is 9.97 Å². The second kappa shape index (κ2) is 6.19. The lowest BCUT2D eigenvalue weighted by atomic mass is 9.96. The minimum atomic E-state index is -0.117. The Bertz CT molecular complexity index is 412. The molecule has 19 heavy (non-hydrogen) atoms. The number of rotatable bonds is 5. The van der Waals surface area contributed by atoms with Crippen LogP contribution < -0.4 is 10.6 Å². The van der Waals surface area contributed by atoms with E-state index in [1.807, 2.05) is 6.07 Å². The van der Waals surface area contributed by atoms with Crippen molar-refractivity contribution in [3.8, 4) is 0 Å². The van der Waals surface area contributed by atoms with E-state index in [9.17, 15) is 0 Å². The lowest BCUT2D eigenvalue weighted by molar-refractivity contribution is 0.203. The Balaban J connectivity index is 3.12. The zero-order chi connectivity index (χ0) is 14.6. The molecule has 0 saturated carbocycles. The molecule has 108 valence electrons. The first-order valence-electron chi connectivity index (χ1n) is 6.66. The monoisotopic (exact) mass is 266 g/mol. The van der Waals surface area contributed by atoms with E-state index in [1.54, 1.807) is 7.11 Å². The quantitative estimate of drug-likeness (QED) is 0.885. The molecule has 0 fully saturated rings. The number of hydrogen-bond donors (Lipinski definition) is 1. The van der Waals surface area contributed by atoms with Gasteiger partial charge >= 0.3 is 0 Å². The van der Waals surface area contributed by atoms with Crippen LogP contribution in [0.3, 0.4) is 0 Å². The molecule has 0 radical (unpaired) electrons. The summed E-state index contributed by atoms with van der Waals surface area (Å²) in [5, 5.41) is 0. The van der Waals surface area contributed by atoms with Crippen molar-refractivity contribution in [1.29, 1.82) is 0 Å². The molecule has 1 aromatic rings. The first-order valence-corrected chi connectivity index (χ1v) is 6.66. The molecule has 5 nitrogen and oxygen atoms in total. The molecule has 0 amide bonds. The topological polar surface area (TPSA) is 64.3 Å². The number of nitrogens with two attached hydrogens (primary N) is 1. The van der Waals surface area contributed by atoms with Gasteiger partial charge in [-0.05, 0) is 13.8 Å². The van der Waals surface area contributed by atoms with Gasteiger partial charge in [-0.1, -0.05) is 20.8 Å². The number of anilines is 2. The fraction of sp³-hybridized carbons (Fsp3) is 0.714. The van der Waals surface area contributed by atoms with E-state index in [0.29, 0.717) is 18.5 Å². The third kappa shape index (κ3) is 4.35. The number of aromatic nitrogens is 2. The largest absolute Gasteiger partial charge is 0.384 e. The van der Waals surface area contributed by atoms with Crippen LogP contribution >= 0.6 is 0 Å². The maximum absolute atomic E-state index is 5.91. The molecule has 0 aromatic carbocycles. The molecule has 0 atom stereocenters. The average Bonchev–Trinajstić information content (AvgIpc) is 2.27. The van der Waals surface area contributed by atoms with Crippen molar-refractivity contribution in [1.82, 2.24) is 9.97 Å². The number of methoxy groups -OCH3 is 1. The summed E-state index contributed by atoms with van der Waals surface area (Å²) in [5.41, 5.74) is 5.80. The molecular weight excluding hydrogens is 240 g/mol. The van der Waals surface area contributed by atoms with E-state index in [4.69, 9.17) is 10.5 Å². The summed E-state index contributed by atoms with van der Waals surface area (Å²) in [6.45, 7) is 12.0. The molecule has 0 aliphatic rings. The highest BCUT2D eigenvalue weighted by Gasteiger charge is 2.21. The predicted octanol–water partition coefficient (Wildman–Crippen LogP) is 2.22. The normalized spacial score (nSPS) is 11.9. The fourth-order valence-corrected chi connectivity index (χ4v) is 1.76. The highest BCUT2D eigenvalue weighted by Crippen LogP contribution is 2.23. The van der Waals surface area contributed by atoms with Crippen molar-refractivity contribution in [3.05, 3.63) is 11.9 Å². The molecule has 1 aromatic heterocycles. The van der Waals surface area contributed by atoms with Gasteiger partial charge in [0.1, 0.15) is 17.5 Å². The van der Waals surface area contributed by atoms with Gasteiger partial charge in [0.2, 0.25) is 0 Å². The smallest absolute Gasteiger partial charge is 0.138 e. The molecule has 0 unspecified atom stereocenters. The van der Waals surface area contributed by atoms with Crippen LogP contribution in [0.15, 0.2) is 6.07 Å². The van der Waals surface area contributed by atoms with Crippen molar-refractivity contribution in [2.75, 3.05) is 30.9 Å². The number of nitrogens with zero attached hydrogens (tertiary/aromatic N) is 3. The van der Waals surface area contributed by atoms with E-state index in [0.717, 1.165) is 18.2 Å². The molecule has 5 heteroatoms. The summed E-state index contributed by atoms with van der Waals surface area (Å²) < 4.78 is 5.16. The van der Waals surface area contributed by atoms with Gasteiger partial charge in [-0.3, -0.25) is 0 Å². The second-order valence-electron chi connectivity index (χ2n) is 6.00. The Hall–Kier alpha value is -1.36. The van der Waals surface area contributed by atoms with Crippen molar-refractivity contribution < 1.29 is 4.74 Å². The van der Waals surface area contributed by atoms with Crippen molar-refractivity contribution in [2.24, 2.45) is 0 Å². The number of ether oxygens (including phenoxy) is 1. The van der Waals surface area contributed by atoms with Gasteiger partial charge in [0.05, 0.1) is 6.61 Å². The number of hydrogen-bond acceptors (Lipinski definition) is 5. The Morgan fingerprint density at radius 2 is 1.95 bits per heavy atom. The third-order valence-electron chi connectivity index (χ3n) is 2.86. The van der Waals surface area contributed by atoms with Crippen molar-refractivity contribution in [3.63, 3.8) is 0 Å². The lowest BCUT2D eigenvalue weighted by Crippen LogP contribution is -2.35. The van der Waals surface area contributed by atoms with Crippen LogP contribution in [0.4, 0.5) is 11.6 Å². The standard InChI is InChI=1S/C14H26N4O/c1-10(2)18(7-8-19-6)12-9-11(15)16-13(17-12)14(3,4)5/h9-10H,7-8H2,1-6H3,(H2,15,16,17). The maximum atomic E-state index is 5.91. The zero-order valence-electron chi connectivity index (χ0n) is 12.9. The van der Waals surface area contributed by atoms with E-state index >= 15 is 0 Å². The summed E-state index contributed by atoms with van der Waals surface area (Å²) in [7, 11) is 1.70. The van der Waals surface area contributed by atoms with Crippen LogP contribution in [0.25, 0.3) is 0 Å². The molecular formula is C14H26N4O. The van der Waals surface area contributed by atoms with Crippen LogP contribution in [0.2, 0.25) is 0 Å². The lowest BCUT2D eigenvalue weighted by Gasteiger charge is -2.29. The Kier molecular flexibility index (Phi) is 5.11. The highest BCUT2D eigenvalue weighted by molar-refractivity contribution is 5.48. The fourth-order valence-electron chi connectivity index (χ4n) is 1.76. The van der Waals surface area contributed by atoms with Crippen LogP contribution in [0, 0.1) is 0 Å². The van der Waals surface area contributed by atoms with E-state index in [1.165, 1.54) is 0 Å². The highest BCUT2D eigenvalue weighted by atomic mass is 16.5. The van der Waals surface area contributed by atoms with Gasteiger partial charge in [-0.15, -0.1) is 0 Å². The van der Waals surface area contributed by atoms with E-state index in [2.05, 4.69) is 49.5 Å². The van der Waals surface area contributed by atoms with E-state index < -0.39 is 0 Å². The minimum absolute atomic E-state index is 0.117. The van der Waals surface area contributed by atoms with Gasteiger partial charge in [0.15, 0.2) is 0 Å². The molecule has 0 spiro atoms. The van der Waals surface area contributed by atoms with Crippen LogP contribution in [-0.2, 0) is 10.2 Å². The van der Waals surface area contributed by atoms with Crippen LogP contribution in [0.5, 0.6) is 0 Å². The molecule has 0 aliphatic carbocycles. The first kappa shape index (κ1) is 15.7. The third-order valence-corrected chi connectivity index (χ3v) is 2.86.